The van der Waals surface area contributed by atoms with Crippen LogP contribution in [-0.4, -0.2) is 25.4 Å². The number of rotatable bonds is 2. The van der Waals surface area contributed by atoms with Crippen molar-refractivity contribution in [1.29, 1.82) is 0 Å². The predicted molar refractivity (Wildman–Crippen MR) is 45.6 cm³/mol. The minimum atomic E-state index is -0.419. The van der Waals surface area contributed by atoms with E-state index >= 15 is 0 Å². The monoisotopic (exact) mass is 161 g/mol. The van der Waals surface area contributed by atoms with E-state index < -0.39 is 5.97 Å². The summed E-state index contributed by atoms with van der Waals surface area (Å²) in [5.74, 6) is -0.419. The second-order valence-electron chi connectivity index (χ2n) is 2.20. The Morgan fingerprint density at radius 2 is 2.42 bits per heavy atom. The topological polar surface area (TPSA) is 39.2 Å². The molecule has 2 radical (unpaired) electrons. The van der Waals surface area contributed by atoms with E-state index in [2.05, 4.69) is 4.98 Å². The Hall–Kier alpha value is -1.32. The quantitative estimate of drug-likeness (QED) is 0.454. The van der Waals surface area contributed by atoms with Crippen LogP contribution in [0.5, 0.6) is 0 Å². The summed E-state index contributed by atoms with van der Waals surface area (Å²) < 4.78 is 4.73. The lowest BCUT2D eigenvalue weighted by molar-refractivity contribution is 0.0519. The van der Waals surface area contributed by atoms with Crippen LogP contribution in [0.2, 0.25) is 0 Å². The molecule has 0 N–H and O–H groups in total. The zero-order valence-corrected chi connectivity index (χ0v) is 6.78. The normalized spacial score (nSPS) is 9.42. The molecule has 0 unspecified atom stereocenters. The van der Waals surface area contributed by atoms with Gasteiger partial charge in [0.15, 0.2) is 0 Å². The summed E-state index contributed by atoms with van der Waals surface area (Å²) in [7, 11) is 5.39. The van der Waals surface area contributed by atoms with Gasteiger partial charge in [0.1, 0.15) is 13.5 Å². The van der Waals surface area contributed by atoms with Crippen LogP contribution in [-0.2, 0) is 4.74 Å². The molecular formula is C8H8BNO2. The fourth-order valence-electron chi connectivity index (χ4n) is 0.731. The van der Waals surface area contributed by atoms with Crippen molar-refractivity contribution in [3.05, 3.63) is 24.0 Å². The zero-order valence-electron chi connectivity index (χ0n) is 6.78. The number of pyridine rings is 1. The van der Waals surface area contributed by atoms with Gasteiger partial charge in [-0.1, -0.05) is 11.5 Å². The van der Waals surface area contributed by atoms with E-state index in [0.717, 1.165) is 0 Å². The average Bonchev–Trinajstić information content (AvgIpc) is 2.06. The molecule has 0 aliphatic rings. The van der Waals surface area contributed by atoms with Gasteiger partial charge in [-0.2, -0.15) is 0 Å². The molecule has 1 aromatic heterocycles. The highest BCUT2D eigenvalue weighted by Crippen LogP contribution is 1.94. The maximum atomic E-state index is 11.0. The molecule has 4 heteroatoms. The van der Waals surface area contributed by atoms with Gasteiger partial charge in [-0.15, -0.1) is 0 Å². The van der Waals surface area contributed by atoms with Crippen LogP contribution in [0.3, 0.4) is 0 Å². The summed E-state index contributed by atoms with van der Waals surface area (Å²) in [5.41, 5.74) is 0.814. The second kappa shape index (κ2) is 3.90. The molecule has 1 aromatic rings. The van der Waals surface area contributed by atoms with E-state index in [1.807, 2.05) is 0 Å². The number of hydrogen-bond donors (Lipinski definition) is 0. The number of aromatic nitrogens is 1. The van der Waals surface area contributed by atoms with E-state index in [0.29, 0.717) is 12.1 Å². The van der Waals surface area contributed by atoms with Crippen LogP contribution in [0, 0.1) is 0 Å². The molecule has 0 amide bonds. The molecule has 1 rings (SSSR count). The highest BCUT2D eigenvalue weighted by Gasteiger charge is 2.05. The number of carbonyl (C=O) groups excluding carboxylic acids is 1. The van der Waals surface area contributed by atoms with Crippen molar-refractivity contribution in [2.45, 2.75) is 6.92 Å². The first-order valence-electron chi connectivity index (χ1n) is 3.62. The Morgan fingerprint density at radius 1 is 1.67 bits per heavy atom. The molecule has 0 saturated carbocycles. The Balaban J connectivity index is 2.75. The Bertz CT molecular complexity index is 271. The van der Waals surface area contributed by atoms with Crippen LogP contribution in [0.25, 0.3) is 0 Å². The molecule has 0 atom stereocenters. The van der Waals surface area contributed by atoms with E-state index in [1.165, 1.54) is 12.3 Å². The first kappa shape index (κ1) is 8.78. The van der Waals surface area contributed by atoms with Gasteiger partial charge in [-0.25, -0.2) is 9.78 Å². The summed E-state index contributed by atoms with van der Waals surface area (Å²) in [6.45, 7) is 2.10. The summed E-state index contributed by atoms with van der Waals surface area (Å²) >= 11 is 0. The van der Waals surface area contributed by atoms with Crippen LogP contribution in [0.4, 0.5) is 0 Å². The first-order valence-corrected chi connectivity index (χ1v) is 3.62. The van der Waals surface area contributed by atoms with Crippen molar-refractivity contribution >= 4 is 19.3 Å². The molecule has 0 aromatic carbocycles. The molecule has 0 spiro atoms. The largest absolute Gasteiger partial charge is 0.461 e. The van der Waals surface area contributed by atoms with Gasteiger partial charge in [-0.05, 0) is 13.0 Å². The third-order valence-corrected chi connectivity index (χ3v) is 1.27. The summed E-state index contributed by atoms with van der Waals surface area (Å²) in [4.78, 5) is 14.8. The SMILES string of the molecule is [B]c1ccc(C(=O)OCC)nc1. The fourth-order valence-corrected chi connectivity index (χ4v) is 0.731. The van der Waals surface area contributed by atoms with E-state index in [-0.39, 0.29) is 5.69 Å². The molecule has 1 heterocycles. The van der Waals surface area contributed by atoms with Gasteiger partial charge in [0.2, 0.25) is 0 Å². The number of esters is 1. The van der Waals surface area contributed by atoms with Crippen molar-refractivity contribution < 1.29 is 9.53 Å². The van der Waals surface area contributed by atoms with Crippen molar-refractivity contribution in [1.82, 2.24) is 4.98 Å². The lowest BCUT2D eigenvalue weighted by atomic mass is 9.99. The van der Waals surface area contributed by atoms with Crippen LogP contribution in [0.15, 0.2) is 18.3 Å². The highest BCUT2D eigenvalue weighted by atomic mass is 16.5. The van der Waals surface area contributed by atoms with Gasteiger partial charge < -0.3 is 4.74 Å². The molecular weight excluding hydrogens is 153 g/mol. The Kier molecular flexibility index (Phi) is 2.85. The van der Waals surface area contributed by atoms with Gasteiger partial charge in [0, 0.05) is 6.20 Å². The summed E-state index contributed by atoms with van der Waals surface area (Å²) in [5, 5.41) is 0. The number of ether oxygens (including phenoxy) is 1. The maximum Gasteiger partial charge on any atom is 0.356 e. The standard InChI is InChI=1S/C8H8BNO2/c1-2-12-8(11)7-4-3-6(9)5-10-7/h3-5H,2H2,1H3. The lowest BCUT2D eigenvalue weighted by Gasteiger charge is -1.99. The molecule has 0 fully saturated rings. The molecule has 3 nitrogen and oxygen atoms in total. The third-order valence-electron chi connectivity index (χ3n) is 1.27. The van der Waals surface area contributed by atoms with Crippen molar-refractivity contribution in [3.8, 4) is 0 Å². The van der Waals surface area contributed by atoms with Gasteiger partial charge in [0.25, 0.3) is 0 Å². The van der Waals surface area contributed by atoms with Crippen molar-refractivity contribution in [2.75, 3.05) is 6.61 Å². The van der Waals surface area contributed by atoms with Crippen LogP contribution in [0.1, 0.15) is 17.4 Å². The fraction of sp³-hybridized carbons (Fsp3) is 0.250. The second-order valence-corrected chi connectivity index (χ2v) is 2.20. The molecule has 0 saturated heterocycles. The lowest BCUT2D eigenvalue weighted by Crippen LogP contribution is -2.10. The average molecular weight is 161 g/mol. The van der Waals surface area contributed by atoms with Crippen molar-refractivity contribution in [3.63, 3.8) is 0 Å². The zero-order chi connectivity index (χ0) is 8.97. The summed E-state index contributed by atoms with van der Waals surface area (Å²) in [6, 6.07) is 3.15. The van der Waals surface area contributed by atoms with Crippen molar-refractivity contribution in [2.24, 2.45) is 0 Å². The Labute approximate surface area is 72.2 Å². The molecule has 0 aliphatic carbocycles. The van der Waals surface area contributed by atoms with E-state index in [1.54, 1.807) is 13.0 Å². The van der Waals surface area contributed by atoms with Crippen LogP contribution >= 0.6 is 0 Å². The Morgan fingerprint density at radius 3 is 2.92 bits per heavy atom. The predicted octanol–water partition coefficient (Wildman–Crippen LogP) is 0.0521. The molecule has 0 aliphatic heterocycles. The van der Waals surface area contributed by atoms with E-state index in [9.17, 15) is 4.79 Å². The third kappa shape index (κ3) is 2.08. The number of carbonyl (C=O) groups is 1. The molecule has 12 heavy (non-hydrogen) atoms. The van der Waals surface area contributed by atoms with Gasteiger partial charge in [-0.3, -0.25) is 0 Å². The van der Waals surface area contributed by atoms with Crippen LogP contribution < -0.4 is 5.46 Å². The first-order chi connectivity index (χ1) is 5.74. The van der Waals surface area contributed by atoms with Gasteiger partial charge >= 0.3 is 5.97 Å². The minimum absolute atomic E-state index is 0.283. The minimum Gasteiger partial charge on any atom is -0.461 e. The highest BCUT2D eigenvalue weighted by molar-refractivity contribution is 6.32. The smallest absolute Gasteiger partial charge is 0.356 e. The number of nitrogens with zero attached hydrogens (tertiary/aromatic N) is 1. The van der Waals surface area contributed by atoms with E-state index in [4.69, 9.17) is 12.6 Å². The summed E-state index contributed by atoms with van der Waals surface area (Å²) in [6.07, 6.45) is 1.42. The maximum absolute atomic E-state index is 11.0. The molecule has 0 bridgehead atoms. The number of hydrogen-bond acceptors (Lipinski definition) is 3. The molecule has 60 valence electrons. The van der Waals surface area contributed by atoms with Gasteiger partial charge in [0.05, 0.1) is 6.61 Å².